The maximum Gasteiger partial charge on any atom is 0.137 e. The maximum absolute atomic E-state index is 10.7. The summed E-state index contributed by atoms with van der Waals surface area (Å²) in [6, 6.07) is 0. The van der Waals surface area contributed by atoms with Crippen molar-refractivity contribution in [2.45, 2.75) is 58.3 Å². The molecule has 1 nitrogen and oxygen atoms in total. The molecule has 0 N–H and O–H groups in total. The molecule has 12 heavy (non-hydrogen) atoms. The van der Waals surface area contributed by atoms with Crippen LogP contribution in [0.3, 0.4) is 0 Å². The van der Waals surface area contributed by atoms with Crippen molar-refractivity contribution in [1.82, 2.24) is 0 Å². The molecule has 70 valence electrons. The minimum atomic E-state index is 0.483. The SMILES string of the molecule is CCCCCCCCC1CC1=O. The zero-order valence-electron chi connectivity index (χ0n) is 8.14. The number of rotatable bonds is 7. The predicted octanol–water partition coefficient (Wildman–Crippen LogP) is 3.33. The van der Waals surface area contributed by atoms with Crippen LogP contribution < -0.4 is 0 Å². The molecule has 0 heterocycles. The molecule has 1 atom stereocenters. The van der Waals surface area contributed by atoms with E-state index in [-0.39, 0.29) is 0 Å². The van der Waals surface area contributed by atoms with E-state index in [0.29, 0.717) is 11.7 Å². The minimum Gasteiger partial charge on any atom is -0.299 e. The van der Waals surface area contributed by atoms with Crippen molar-refractivity contribution in [3.63, 3.8) is 0 Å². The summed E-state index contributed by atoms with van der Waals surface area (Å²) in [4.78, 5) is 10.7. The third-order valence-corrected chi connectivity index (χ3v) is 2.65. The van der Waals surface area contributed by atoms with E-state index in [1.165, 1.54) is 44.9 Å². The topological polar surface area (TPSA) is 17.1 Å². The average Bonchev–Trinajstić information content (AvgIpc) is 2.74. The molecule has 0 aromatic heterocycles. The fraction of sp³-hybridized carbons (Fsp3) is 0.909. The molecular weight excluding hydrogens is 148 g/mol. The van der Waals surface area contributed by atoms with Crippen molar-refractivity contribution >= 4 is 5.78 Å². The Labute approximate surface area is 75.5 Å². The highest BCUT2D eigenvalue weighted by Crippen LogP contribution is 2.29. The Hall–Kier alpha value is -0.330. The molecule has 0 saturated heterocycles. The summed E-state index contributed by atoms with van der Waals surface area (Å²) in [6.07, 6.45) is 10.1. The Bertz CT molecular complexity index is 140. The quantitative estimate of drug-likeness (QED) is 0.533. The summed E-state index contributed by atoms with van der Waals surface area (Å²) in [5.41, 5.74) is 0. The summed E-state index contributed by atoms with van der Waals surface area (Å²) >= 11 is 0. The Morgan fingerprint density at radius 2 is 1.75 bits per heavy atom. The first-order chi connectivity index (χ1) is 5.84. The van der Waals surface area contributed by atoms with Crippen LogP contribution in [0.25, 0.3) is 0 Å². The molecule has 0 aromatic rings. The number of unbranched alkanes of at least 4 members (excludes halogenated alkanes) is 5. The number of hydrogen-bond acceptors (Lipinski definition) is 1. The second kappa shape index (κ2) is 5.34. The molecule has 0 aliphatic heterocycles. The standard InChI is InChI=1S/C11H20O/c1-2-3-4-5-6-7-8-10-9-11(10)12/h10H,2-9H2,1H3. The first-order valence-corrected chi connectivity index (χ1v) is 5.37. The average molecular weight is 168 g/mol. The van der Waals surface area contributed by atoms with Gasteiger partial charge in [0, 0.05) is 12.3 Å². The van der Waals surface area contributed by atoms with E-state index in [2.05, 4.69) is 6.92 Å². The molecular formula is C11H20O. The zero-order valence-corrected chi connectivity index (χ0v) is 8.14. The van der Waals surface area contributed by atoms with Crippen LogP contribution >= 0.6 is 0 Å². The molecule has 1 aliphatic rings. The van der Waals surface area contributed by atoms with Gasteiger partial charge in [0.05, 0.1) is 0 Å². The highest BCUT2D eigenvalue weighted by Gasteiger charge is 2.33. The van der Waals surface area contributed by atoms with Gasteiger partial charge < -0.3 is 0 Å². The van der Waals surface area contributed by atoms with Gasteiger partial charge in [-0.15, -0.1) is 0 Å². The molecule has 0 bridgehead atoms. The van der Waals surface area contributed by atoms with E-state index in [1.54, 1.807) is 0 Å². The van der Waals surface area contributed by atoms with Gasteiger partial charge in [0.25, 0.3) is 0 Å². The Morgan fingerprint density at radius 3 is 2.33 bits per heavy atom. The van der Waals surface area contributed by atoms with Crippen LogP contribution in [-0.4, -0.2) is 5.78 Å². The highest BCUT2D eigenvalue weighted by molar-refractivity contribution is 5.95. The summed E-state index contributed by atoms with van der Waals surface area (Å²) in [5, 5.41) is 0. The summed E-state index contributed by atoms with van der Waals surface area (Å²) in [6.45, 7) is 2.24. The first-order valence-electron chi connectivity index (χ1n) is 5.37. The van der Waals surface area contributed by atoms with Gasteiger partial charge in [0.15, 0.2) is 0 Å². The molecule has 1 saturated carbocycles. The summed E-state index contributed by atoms with van der Waals surface area (Å²) in [5.74, 6) is 0.986. The van der Waals surface area contributed by atoms with Crippen LogP contribution in [0.4, 0.5) is 0 Å². The van der Waals surface area contributed by atoms with Gasteiger partial charge in [-0.25, -0.2) is 0 Å². The van der Waals surface area contributed by atoms with Crippen LogP contribution in [0.1, 0.15) is 58.3 Å². The Balaban J connectivity index is 1.74. The lowest BCUT2D eigenvalue weighted by atomic mass is 10.1. The second-order valence-electron chi connectivity index (χ2n) is 3.92. The van der Waals surface area contributed by atoms with Crippen molar-refractivity contribution in [2.24, 2.45) is 5.92 Å². The van der Waals surface area contributed by atoms with E-state index in [1.807, 2.05) is 0 Å². The van der Waals surface area contributed by atoms with E-state index in [9.17, 15) is 4.79 Å². The van der Waals surface area contributed by atoms with Crippen LogP contribution in [0.2, 0.25) is 0 Å². The van der Waals surface area contributed by atoms with Crippen molar-refractivity contribution in [1.29, 1.82) is 0 Å². The van der Waals surface area contributed by atoms with Crippen LogP contribution in [0.5, 0.6) is 0 Å². The summed E-state index contributed by atoms with van der Waals surface area (Å²) < 4.78 is 0. The number of carbonyl (C=O) groups excluding carboxylic acids is 1. The van der Waals surface area contributed by atoms with Gasteiger partial charge in [-0.2, -0.15) is 0 Å². The van der Waals surface area contributed by atoms with Gasteiger partial charge in [0.1, 0.15) is 5.78 Å². The first kappa shape index (κ1) is 9.76. The number of hydrogen-bond donors (Lipinski definition) is 0. The third-order valence-electron chi connectivity index (χ3n) is 2.65. The van der Waals surface area contributed by atoms with E-state index in [0.717, 1.165) is 6.42 Å². The normalized spacial score (nSPS) is 21.4. The lowest BCUT2D eigenvalue weighted by Gasteiger charge is -1.98. The Morgan fingerprint density at radius 1 is 1.17 bits per heavy atom. The molecule has 0 spiro atoms. The van der Waals surface area contributed by atoms with E-state index >= 15 is 0 Å². The third kappa shape index (κ3) is 3.89. The molecule has 1 fully saturated rings. The number of Topliss-reactive ketones (excluding diaryl/α,β-unsaturated/α-hetero) is 1. The lowest BCUT2D eigenvalue weighted by molar-refractivity contribution is -0.111. The van der Waals surface area contributed by atoms with Crippen LogP contribution in [0, 0.1) is 5.92 Å². The fourth-order valence-corrected chi connectivity index (χ4v) is 1.62. The molecule has 0 radical (unpaired) electrons. The second-order valence-corrected chi connectivity index (χ2v) is 3.92. The number of carbonyl (C=O) groups is 1. The van der Waals surface area contributed by atoms with Gasteiger partial charge >= 0.3 is 0 Å². The fourth-order valence-electron chi connectivity index (χ4n) is 1.62. The highest BCUT2D eigenvalue weighted by atomic mass is 16.1. The molecule has 0 aromatic carbocycles. The molecule has 0 amide bonds. The smallest absolute Gasteiger partial charge is 0.137 e. The minimum absolute atomic E-state index is 0.483. The van der Waals surface area contributed by atoms with Crippen molar-refractivity contribution in [3.05, 3.63) is 0 Å². The van der Waals surface area contributed by atoms with Crippen LogP contribution in [-0.2, 0) is 4.79 Å². The molecule has 1 aliphatic carbocycles. The van der Waals surface area contributed by atoms with Gasteiger partial charge in [-0.3, -0.25) is 4.79 Å². The van der Waals surface area contributed by atoms with Gasteiger partial charge in [0.2, 0.25) is 0 Å². The molecule has 1 unspecified atom stereocenters. The predicted molar refractivity (Wildman–Crippen MR) is 51.1 cm³/mol. The maximum atomic E-state index is 10.7. The Kier molecular flexibility index (Phi) is 4.34. The van der Waals surface area contributed by atoms with Crippen molar-refractivity contribution < 1.29 is 4.79 Å². The number of ketones is 1. The largest absolute Gasteiger partial charge is 0.299 e. The molecule has 1 heteroatoms. The van der Waals surface area contributed by atoms with Crippen molar-refractivity contribution in [3.8, 4) is 0 Å². The van der Waals surface area contributed by atoms with E-state index in [4.69, 9.17) is 0 Å². The molecule has 1 rings (SSSR count). The van der Waals surface area contributed by atoms with Gasteiger partial charge in [-0.05, 0) is 6.42 Å². The van der Waals surface area contributed by atoms with Gasteiger partial charge in [-0.1, -0.05) is 45.4 Å². The van der Waals surface area contributed by atoms with Crippen LogP contribution in [0.15, 0.2) is 0 Å². The summed E-state index contributed by atoms with van der Waals surface area (Å²) in [7, 11) is 0. The van der Waals surface area contributed by atoms with E-state index < -0.39 is 0 Å². The van der Waals surface area contributed by atoms with Crippen molar-refractivity contribution in [2.75, 3.05) is 0 Å². The lowest BCUT2D eigenvalue weighted by Crippen LogP contribution is -1.82. The monoisotopic (exact) mass is 168 g/mol. The zero-order chi connectivity index (χ0) is 8.81.